The van der Waals surface area contributed by atoms with Crippen molar-refractivity contribution in [2.45, 2.75) is 30.8 Å². The largest absolute Gasteiger partial charge is 0.376 e. The molecule has 1 heterocycles. The fraction of sp³-hybridized carbons (Fsp3) is 0.562. The van der Waals surface area contributed by atoms with Crippen molar-refractivity contribution in [1.29, 1.82) is 0 Å². The highest BCUT2D eigenvalue weighted by molar-refractivity contribution is 7.89. The van der Waals surface area contributed by atoms with Gasteiger partial charge in [0.25, 0.3) is 0 Å². The fourth-order valence-corrected chi connectivity index (χ4v) is 3.44. The molecule has 24 heavy (non-hydrogen) atoms. The number of guanidine groups is 1. The van der Waals surface area contributed by atoms with Gasteiger partial charge in [-0.1, -0.05) is 17.7 Å². The first-order valence-electron chi connectivity index (χ1n) is 8.14. The lowest BCUT2D eigenvalue weighted by atomic mass is 10.2. The Balaban J connectivity index is 1.71. The predicted octanol–water partition coefficient (Wildman–Crippen LogP) is 0.617. The standard InChI is InChI=1S/C16H26N4O3S/c1-13-5-7-15(8-6-13)24(21,22)20-10-9-18-16(17-2)19-12-14-4-3-11-23-14/h5-8,14,20H,3-4,9-12H2,1-2H3,(H2,17,18,19). The summed E-state index contributed by atoms with van der Waals surface area (Å²) in [6.45, 7) is 4.16. The first-order chi connectivity index (χ1) is 11.5. The number of hydrogen-bond acceptors (Lipinski definition) is 4. The minimum absolute atomic E-state index is 0.226. The number of nitrogens with zero attached hydrogens (tertiary/aromatic N) is 1. The van der Waals surface area contributed by atoms with Crippen LogP contribution in [0.25, 0.3) is 0 Å². The van der Waals surface area contributed by atoms with Gasteiger partial charge in [0.2, 0.25) is 10.0 Å². The molecule has 134 valence electrons. The third-order valence-corrected chi connectivity index (χ3v) is 5.26. The van der Waals surface area contributed by atoms with Crippen molar-refractivity contribution in [3.63, 3.8) is 0 Å². The Kier molecular flexibility index (Phi) is 7.01. The van der Waals surface area contributed by atoms with Gasteiger partial charge >= 0.3 is 0 Å². The molecule has 1 aliphatic rings. The molecule has 0 amide bonds. The van der Waals surface area contributed by atoms with Gasteiger partial charge < -0.3 is 15.4 Å². The van der Waals surface area contributed by atoms with Crippen molar-refractivity contribution in [3.8, 4) is 0 Å². The van der Waals surface area contributed by atoms with Crippen LogP contribution in [0.3, 0.4) is 0 Å². The molecule has 7 nitrogen and oxygen atoms in total. The summed E-state index contributed by atoms with van der Waals surface area (Å²) in [5.74, 6) is 0.639. The van der Waals surface area contributed by atoms with Gasteiger partial charge in [0.05, 0.1) is 11.0 Å². The highest BCUT2D eigenvalue weighted by Gasteiger charge is 2.16. The molecule has 1 aromatic rings. The summed E-state index contributed by atoms with van der Waals surface area (Å²) >= 11 is 0. The second-order valence-corrected chi connectivity index (χ2v) is 7.49. The molecule has 0 aliphatic carbocycles. The SMILES string of the molecule is CN=C(NCCNS(=O)(=O)c1ccc(C)cc1)NCC1CCCO1. The van der Waals surface area contributed by atoms with Gasteiger partial charge in [-0.05, 0) is 31.9 Å². The van der Waals surface area contributed by atoms with Crippen molar-refractivity contribution in [2.24, 2.45) is 4.99 Å². The Morgan fingerprint density at radius 3 is 2.62 bits per heavy atom. The second kappa shape index (κ2) is 9.00. The van der Waals surface area contributed by atoms with Gasteiger partial charge in [0, 0.05) is 33.3 Å². The molecule has 1 aliphatic heterocycles. The van der Waals surface area contributed by atoms with Gasteiger partial charge in [-0.2, -0.15) is 0 Å². The zero-order valence-electron chi connectivity index (χ0n) is 14.2. The zero-order valence-corrected chi connectivity index (χ0v) is 15.0. The number of rotatable bonds is 7. The average Bonchev–Trinajstić information content (AvgIpc) is 3.08. The van der Waals surface area contributed by atoms with E-state index in [9.17, 15) is 8.42 Å². The average molecular weight is 354 g/mol. The highest BCUT2D eigenvalue weighted by atomic mass is 32.2. The van der Waals surface area contributed by atoms with Crippen LogP contribution in [-0.4, -0.2) is 53.8 Å². The van der Waals surface area contributed by atoms with Crippen LogP contribution in [0, 0.1) is 6.92 Å². The number of ether oxygens (including phenoxy) is 1. The number of aliphatic imine (C=N–C) groups is 1. The maximum atomic E-state index is 12.2. The van der Waals surface area contributed by atoms with E-state index >= 15 is 0 Å². The maximum Gasteiger partial charge on any atom is 0.240 e. The van der Waals surface area contributed by atoms with E-state index in [0.717, 1.165) is 25.0 Å². The van der Waals surface area contributed by atoms with Crippen LogP contribution in [0.2, 0.25) is 0 Å². The van der Waals surface area contributed by atoms with E-state index in [-0.39, 0.29) is 17.5 Å². The lowest BCUT2D eigenvalue weighted by Crippen LogP contribution is -2.43. The number of aryl methyl sites for hydroxylation is 1. The molecule has 2 rings (SSSR count). The van der Waals surface area contributed by atoms with E-state index in [1.54, 1.807) is 31.3 Å². The Labute approximate surface area is 143 Å². The summed E-state index contributed by atoms with van der Waals surface area (Å²) in [6.07, 6.45) is 2.38. The van der Waals surface area contributed by atoms with Crippen LogP contribution in [0.4, 0.5) is 0 Å². The van der Waals surface area contributed by atoms with E-state index in [0.29, 0.717) is 19.0 Å². The van der Waals surface area contributed by atoms with E-state index in [1.165, 1.54) is 0 Å². The quantitative estimate of drug-likeness (QED) is 0.379. The highest BCUT2D eigenvalue weighted by Crippen LogP contribution is 2.10. The first-order valence-corrected chi connectivity index (χ1v) is 9.62. The normalized spacial score (nSPS) is 18.6. The van der Waals surface area contributed by atoms with Crippen molar-refractivity contribution in [2.75, 3.05) is 33.3 Å². The second-order valence-electron chi connectivity index (χ2n) is 5.73. The summed E-state index contributed by atoms with van der Waals surface area (Å²) in [6, 6.07) is 6.77. The molecule has 1 fully saturated rings. The first kappa shape index (κ1) is 18.7. The maximum absolute atomic E-state index is 12.2. The van der Waals surface area contributed by atoms with Gasteiger partial charge in [-0.15, -0.1) is 0 Å². The van der Waals surface area contributed by atoms with Gasteiger partial charge in [-0.3, -0.25) is 4.99 Å². The van der Waals surface area contributed by atoms with E-state index in [4.69, 9.17) is 4.74 Å². The van der Waals surface area contributed by atoms with Crippen LogP contribution in [0.1, 0.15) is 18.4 Å². The Bertz CT molecular complexity index is 638. The topological polar surface area (TPSA) is 91.8 Å². The van der Waals surface area contributed by atoms with Crippen LogP contribution >= 0.6 is 0 Å². The lowest BCUT2D eigenvalue weighted by molar-refractivity contribution is 0.114. The molecular weight excluding hydrogens is 328 g/mol. The number of sulfonamides is 1. The van der Waals surface area contributed by atoms with Gasteiger partial charge in [0.1, 0.15) is 0 Å². The molecule has 1 aromatic carbocycles. The Morgan fingerprint density at radius 2 is 2.00 bits per heavy atom. The summed E-state index contributed by atoms with van der Waals surface area (Å²) in [4.78, 5) is 4.38. The van der Waals surface area contributed by atoms with Crippen molar-refractivity contribution >= 4 is 16.0 Å². The Hall–Kier alpha value is -1.64. The van der Waals surface area contributed by atoms with Gasteiger partial charge in [-0.25, -0.2) is 13.1 Å². The molecule has 1 saturated heterocycles. The van der Waals surface area contributed by atoms with Gasteiger partial charge in [0.15, 0.2) is 5.96 Å². The summed E-state index contributed by atoms with van der Waals surface area (Å²) in [5, 5.41) is 6.27. The van der Waals surface area contributed by atoms with Crippen LogP contribution in [-0.2, 0) is 14.8 Å². The van der Waals surface area contributed by atoms with E-state index < -0.39 is 10.0 Å². The van der Waals surface area contributed by atoms with Crippen LogP contribution < -0.4 is 15.4 Å². The molecule has 1 atom stereocenters. The molecule has 0 bridgehead atoms. The van der Waals surface area contributed by atoms with Crippen LogP contribution in [0.15, 0.2) is 34.2 Å². The number of nitrogens with one attached hydrogen (secondary N) is 3. The van der Waals surface area contributed by atoms with E-state index in [2.05, 4.69) is 20.3 Å². The summed E-state index contributed by atoms with van der Waals surface area (Å²) in [7, 11) is -1.80. The fourth-order valence-electron chi connectivity index (χ4n) is 2.40. The Morgan fingerprint density at radius 1 is 1.25 bits per heavy atom. The van der Waals surface area contributed by atoms with Crippen molar-refractivity contribution in [1.82, 2.24) is 15.4 Å². The summed E-state index contributed by atoms with van der Waals surface area (Å²) < 4.78 is 32.4. The molecule has 0 saturated carbocycles. The monoisotopic (exact) mass is 354 g/mol. The molecular formula is C16H26N4O3S. The van der Waals surface area contributed by atoms with Crippen molar-refractivity contribution in [3.05, 3.63) is 29.8 Å². The molecule has 1 unspecified atom stereocenters. The molecule has 3 N–H and O–H groups in total. The summed E-state index contributed by atoms with van der Waals surface area (Å²) in [5.41, 5.74) is 1.02. The molecule has 8 heteroatoms. The number of benzene rings is 1. The van der Waals surface area contributed by atoms with Crippen LogP contribution in [0.5, 0.6) is 0 Å². The molecule has 0 radical (unpaired) electrons. The zero-order chi connectivity index (χ0) is 17.4. The smallest absolute Gasteiger partial charge is 0.240 e. The molecule has 0 aromatic heterocycles. The third kappa shape index (κ3) is 5.77. The minimum atomic E-state index is -3.48. The minimum Gasteiger partial charge on any atom is -0.376 e. The third-order valence-electron chi connectivity index (χ3n) is 3.79. The van der Waals surface area contributed by atoms with E-state index in [1.807, 2.05) is 6.92 Å². The predicted molar refractivity (Wildman–Crippen MR) is 94.7 cm³/mol. The van der Waals surface area contributed by atoms with Crippen molar-refractivity contribution < 1.29 is 13.2 Å². The molecule has 0 spiro atoms. The lowest BCUT2D eigenvalue weighted by Gasteiger charge is -2.15. The number of hydrogen-bond donors (Lipinski definition) is 3.